The third-order valence-electron chi connectivity index (χ3n) is 6.05. The summed E-state index contributed by atoms with van der Waals surface area (Å²) in [7, 11) is 0. The zero-order valence-electron chi connectivity index (χ0n) is 18.4. The summed E-state index contributed by atoms with van der Waals surface area (Å²) in [5.74, 6) is 2.48. The van der Waals surface area contributed by atoms with Gasteiger partial charge in [0.1, 0.15) is 11.4 Å². The topological polar surface area (TPSA) is 38.8 Å². The molecule has 2 fully saturated rings. The number of rotatable bonds is 5. The van der Waals surface area contributed by atoms with Gasteiger partial charge in [-0.15, -0.1) is 11.8 Å². The lowest BCUT2D eigenvalue weighted by Crippen LogP contribution is -2.38. The minimum Gasteiger partial charge on any atom is -0.490 e. The third-order valence-corrected chi connectivity index (χ3v) is 6.80. The smallest absolute Gasteiger partial charge is 0.410 e. The van der Waals surface area contributed by atoms with Gasteiger partial charge in [0.25, 0.3) is 0 Å². The molecule has 1 aliphatic carbocycles. The number of fused-ring (bicyclic) bond motifs is 1. The van der Waals surface area contributed by atoms with E-state index in [0.717, 1.165) is 18.8 Å². The molecule has 0 radical (unpaired) electrons. The summed E-state index contributed by atoms with van der Waals surface area (Å²) in [5, 5.41) is 0. The SMILES string of the molecule is CSc1ccc(-c2ccc(O[C@@H](C)C3C4CN(C(=O)OC(C)(C)C)CC43)cc2)cc1. The summed E-state index contributed by atoms with van der Waals surface area (Å²) in [5.41, 5.74) is 1.97. The molecule has 0 spiro atoms. The van der Waals surface area contributed by atoms with Crippen LogP contribution in [0, 0.1) is 17.8 Å². The van der Waals surface area contributed by atoms with E-state index in [-0.39, 0.29) is 12.2 Å². The first kappa shape index (κ1) is 21.1. The predicted octanol–water partition coefficient (Wildman–Crippen LogP) is 5.96. The molecule has 2 unspecified atom stereocenters. The number of carbonyl (C=O) groups excluding carboxylic acids is 1. The summed E-state index contributed by atoms with van der Waals surface area (Å²) in [4.78, 5) is 15.4. The number of ether oxygens (including phenoxy) is 2. The fourth-order valence-corrected chi connectivity index (χ4v) is 4.96. The highest BCUT2D eigenvalue weighted by molar-refractivity contribution is 7.98. The van der Waals surface area contributed by atoms with Crippen LogP contribution in [0.3, 0.4) is 0 Å². The highest BCUT2D eigenvalue weighted by Crippen LogP contribution is 2.54. The number of carbonyl (C=O) groups is 1. The van der Waals surface area contributed by atoms with Crippen molar-refractivity contribution in [3.8, 4) is 16.9 Å². The Hall–Kier alpha value is -2.14. The second-order valence-corrected chi connectivity index (χ2v) is 10.2. The molecule has 5 heteroatoms. The molecule has 1 saturated heterocycles. The van der Waals surface area contributed by atoms with Crippen LogP contribution in [0.25, 0.3) is 11.1 Å². The lowest BCUT2D eigenvalue weighted by molar-refractivity contribution is 0.0251. The minimum absolute atomic E-state index is 0.146. The lowest BCUT2D eigenvalue weighted by Gasteiger charge is -2.26. The first-order valence-electron chi connectivity index (χ1n) is 10.6. The number of likely N-dealkylation sites (tertiary alicyclic amines) is 1. The van der Waals surface area contributed by atoms with Gasteiger partial charge < -0.3 is 14.4 Å². The highest BCUT2D eigenvalue weighted by atomic mass is 32.2. The number of thioether (sulfide) groups is 1. The largest absolute Gasteiger partial charge is 0.490 e. The lowest BCUT2D eigenvalue weighted by atomic mass is 10.1. The van der Waals surface area contributed by atoms with E-state index in [1.165, 1.54) is 16.0 Å². The van der Waals surface area contributed by atoms with Crippen LogP contribution in [0.5, 0.6) is 5.75 Å². The van der Waals surface area contributed by atoms with E-state index < -0.39 is 5.60 Å². The maximum absolute atomic E-state index is 12.3. The number of hydrogen-bond acceptors (Lipinski definition) is 4. The number of nitrogens with zero attached hydrogens (tertiary/aromatic N) is 1. The Morgan fingerprint density at radius 1 is 1.00 bits per heavy atom. The Labute approximate surface area is 183 Å². The fourth-order valence-electron chi connectivity index (χ4n) is 4.55. The van der Waals surface area contributed by atoms with Gasteiger partial charge >= 0.3 is 6.09 Å². The van der Waals surface area contributed by atoms with E-state index in [4.69, 9.17) is 9.47 Å². The normalized spacial score (nSPS) is 23.6. The summed E-state index contributed by atoms with van der Waals surface area (Å²) in [6, 6.07) is 17.0. The van der Waals surface area contributed by atoms with Gasteiger partial charge in [0, 0.05) is 23.9 Å². The molecule has 4 rings (SSSR count). The van der Waals surface area contributed by atoms with Crippen LogP contribution in [0.2, 0.25) is 0 Å². The van der Waals surface area contributed by atoms with Gasteiger partial charge in [0.2, 0.25) is 0 Å². The Morgan fingerprint density at radius 2 is 1.53 bits per heavy atom. The molecule has 4 nitrogen and oxygen atoms in total. The van der Waals surface area contributed by atoms with Crippen molar-refractivity contribution in [2.24, 2.45) is 17.8 Å². The molecule has 2 aliphatic rings. The van der Waals surface area contributed by atoms with Crippen LogP contribution in [0.1, 0.15) is 27.7 Å². The maximum atomic E-state index is 12.3. The first-order valence-corrected chi connectivity index (χ1v) is 11.9. The van der Waals surface area contributed by atoms with Gasteiger partial charge in [-0.3, -0.25) is 0 Å². The molecule has 0 aromatic heterocycles. The molecular weight excluding hydrogens is 394 g/mol. The average molecular weight is 426 g/mol. The Kier molecular flexibility index (Phi) is 5.75. The molecule has 0 bridgehead atoms. The molecule has 1 amide bonds. The Balaban J connectivity index is 1.29. The molecule has 1 heterocycles. The molecule has 1 aliphatic heterocycles. The number of hydrogen-bond donors (Lipinski definition) is 0. The zero-order chi connectivity index (χ0) is 21.5. The predicted molar refractivity (Wildman–Crippen MR) is 122 cm³/mol. The summed E-state index contributed by atoms with van der Waals surface area (Å²) in [6.45, 7) is 9.43. The van der Waals surface area contributed by atoms with Crippen molar-refractivity contribution in [1.82, 2.24) is 4.90 Å². The van der Waals surface area contributed by atoms with Gasteiger partial charge in [-0.05, 0) is 81.2 Å². The van der Waals surface area contributed by atoms with E-state index in [1.807, 2.05) is 25.7 Å². The Morgan fingerprint density at radius 3 is 2.03 bits per heavy atom. The highest BCUT2D eigenvalue weighted by Gasteiger charge is 2.59. The van der Waals surface area contributed by atoms with Crippen LogP contribution in [-0.4, -0.2) is 42.0 Å². The maximum Gasteiger partial charge on any atom is 0.410 e. The van der Waals surface area contributed by atoms with Gasteiger partial charge in [-0.2, -0.15) is 0 Å². The van der Waals surface area contributed by atoms with Gasteiger partial charge in [-0.1, -0.05) is 24.3 Å². The van der Waals surface area contributed by atoms with E-state index in [9.17, 15) is 4.79 Å². The van der Waals surface area contributed by atoms with Gasteiger partial charge in [0.05, 0.1) is 6.10 Å². The second kappa shape index (κ2) is 8.18. The first-order chi connectivity index (χ1) is 14.2. The zero-order valence-corrected chi connectivity index (χ0v) is 19.2. The van der Waals surface area contributed by atoms with Crippen molar-refractivity contribution >= 4 is 17.9 Å². The Bertz CT molecular complexity index is 876. The van der Waals surface area contributed by atoms with Crippen LogP contribution >= 0.6 is 11.8 Å². The van der Waals surface area contributed by atoms with Crippen molar-refractivity contribution in [1.29, 1.82) is 0 Å². The van der Waals surface area contributed by atoms with E-state index in [1.54, 1.807) is 11.8 Å². The van der Waals surface area contributed by atoms with Crippen LogP contribution < -0.4 is 4.74 Å². The molecule has 160 valence electrons. The van der Waals surface area contributed by atoms with Gasteiger partial charge in [-0.25, -0.2) is 4.79 Å². The number of benzene rings is 2. The summed E-state index contributed by atoms with van der Waals surface area (Å²) < 4.78 is 11.7. The number of amides is 1. The fraction of sp³-hybridized carbons (Fsp3) is 0.480. The monoisotopic (exact) mass is 425 g/mol. The summed E-state index contributed by atoms with van der Waals surface area (Å²) >= 11 is 1.75. The van der Waals surface area contributed by atoms with Crippen molar-refractivity contribution in [2.75, 3.05) is 19.3 Å². The molecule has 2 aromatic rings. The van der Waals surface area contributed by atoms with E-state index >= 15 is 0 Å². The minimum atomic E-state index is -0.442. The molecule has 2 aromatic carbocycles. The molecule has 0 N–H and O–H groups in total. The van der Waals surface area contributed by atoms with Gasteiger partial charge in [0.15, 0.2) is 0 Å². The standard InChI is InChI=1S/C25H31NO3S/c1-16(23-21-14-26(15-22(21)23)24(27)29-25(2,3)4)28-19-10-6-17(7-11-19)18-8-12-20(30-5)13-9-18/h6-13,16,21-23H,14-15H2,1-5H3/t16-,21?,22?,23?/m0/s1. The molecule has 3 atom stereocenters. The van der Waals surface area contributed by atoms with Crippen LogP contribution in [0.15, 0.2) is 53.4 Å². The van der Waals surface area contributed by atoms with Crippen molar-refractivity contribution in [3.05, 3.63) is 48.5 Å². The number of piperidine rings is 1. The van der Waals surface area contributed by atoms with E-state index in [2.05, 4.69) is 61.7 Å². The quantitative estimate of drug-likeness (QED) is 0.555. The third kappa shape index (κ3) is 4.61. The van der Waals surface area contributed by atoms with Crippen LogP contribution in [0.4, 0.5) is 4.79 Å². The summed E-state index contributed by atoms with van der Waals surface area (Å²) in [6.07, 6.45) is 2.04. The molecule has 1 saturated carbocycles. The van der Waals surface area contributed by atoms with Crippen LogP contribution in [-0.2, 0) is 4.74 Å². The van der Waals surface area contributed by atoms with E-state index in [0.29, 0.717) is 17.8 Å². The molecule has 30 heavy (non-hydrogen) atoms. The van der Waals surface area contributed by atoms with Crippen molar-refractivity contribution in [2.45, 2.75) is 44.3 Å². The molecular formula is C25H31NO3S. The average Bonchev–Trinajstić information content (AvgIpc) is 3.21. The van der Waals surface area contributed by atoms with Crippen molar-refractivity contribution < 1.29 is 14.3 Å². The van der Waals surface area contributed by atoms with Crippen molar-refractivity contribution in [3.63, 3.8) is 0 Å². The second-order valence-electron chi connectivity index (χ2n) is 9.37.